The van der Waals surface area contributed by atoms with Crippen LogP contribution in [0.15, 0.2) is 18.3 Å². The summed E-state index contributed by atoms with van der Waals surface area (Å²) in [6.07, 6.45) is 8.46. The number of nitrogens with two attached hydrogens (primary N) is 1. The summed E-state index contributed by atoms with van der Waals surface area (Å²) in [5.41, 5.74) is 6.77. The van der Waals surface area contributed by atoms with Crippen molar-refractivity contribution < 1.29 is 4.79 Å². The number of carbonyl (C=O) groups excluding carboxylic acids is 1. The van der Waals surface area contributed by atoms with Gasteiger partial charge < -0.3 is 16.0 Å². The van der Waals surface area contributed by atoms with E-state index in [1.807, 2.05) is 12.1 Å². The molecule has 2 unspecified atom stereocenters. The number of piperidine rings is 1. The second-order valence-electron chi connectivity index (χ2n) is 6.68. The smallest absolute Gasteiger partial charge is 0.253 e. The van der Waals surface area contributed by atoms with Gasteiger partial charge in [-0.2, -0.15) is 0 Å². The van der Waals surface area contributed by atoms with E-state index in [4.69, 9.17) is 5.73 Å². The summed E-state index contributed by atoms with van der Waals surface area (Å²) in [6.45, 7) is 0. The number of halogens is 2. The van der Waals surface area contributed by atoms with Crippen molar-refractivity contribution in [1.29, 1.82) is 0 Å². The van der Waals surface area contributed by atoms with Gasteiger partial charge in [-0.3, -0.25) is 4.79 Å². The zero-order valence-corrected chi connectivity index (χ0v) is 14.6. The number of fused-ring (bicyclic) bond motifs is 2. The van der Waals surface area contributed by atoms with Crippen molar-refractivity contribution in [2.75, 3.05) is 4.90 Å². The third-order valence-electron chi connectivity index (χ3n) is 4.96. The maximum absolute atomic E-state index is 12.0. The Balaban J connectivity index is 0.000000960. The third kappa shape index (κ3) is 3.73. The number of carbonyl (C=O) groups is 1. The summed E-state index contributed by atoms with van der Waals surface area (Å²) < 4.78 is 0. The molecular weight excluding hydrogens is 335 g/mol. The van der Waals surface area contributed by atoms with E-state index in [9.17, 15) is 4.79 Å². The fourth-order valence-electron chi connectivity index (χ4n) is 3.76. The lowest BCUT2D eigenvalue weighted by Crippen LogP contribution is -2.47. The van der Waals surface area contributed by atoms with Crippen molar-refractivity contribution in [3.8, 4) is 0 Å². The highest BCUT2D eigenvalue weighted by Gasteiger charge is 2.40. The Morgan fingerprint density at radius 3 is 2.30 bits per heavy atom. The van der Waals surface area contributed by atoms with E-state index in [-0.39, 0.29) is 30.7 Å². The number of anilines is 1. The van der Waals surface area contributed by atoms with Gasteiger partial charge in [0.05, 0.1) is 5.56 Å². The summed E-state index contributed by atoms with van der Waals surface area (Å²) in [5.74, 6) is 0.998. The van der Waals surface area contributed by atoms with Crippen molar-refractivity contribution in [2.45, 2.75) is 62.7 Å². The predicted octanol–water partition coefficient (Wildman–Crippen LogP) is 2.28. The molecule has 23 heavy (non-hydrogen) atoms. The molecule has 5 nitrogen and oxygen atoms in total. The number of hydrogen-bond acceptors (Lipinski definition) is 4. The van der Waals surface area contributed by atoms with Crippen LogP contribution in [0.1, 0.15) is 48.9 Å². The van der Waals surface area contributed by atoms with Crippen molar-refractivity contribution in [2.24, 2.45) is 5.73 Å². The predicted molar refractivity (Wildman–Crippen MR) is 95.7 cm³/mol. The van der Waals surface area contributed by atoms with Gasteiger partial charge in [0.15, 0.2) is 0 Å². The van der Waals surface area contributed by atoms with Gasteiger partial charge in [0.25, 0.3) is 5.91 Å². The van der Waals surface area contributed by atoms with Crippen molar-refractivity contribution in [3.63, 3.8) is 0 Å². The molecule has 3 N–H and O–H groups in total. The van der Waals surface area contributed by atoms with Crippen LogP contribution in [0.2, 0.25) is 0 Å². The van der Waals surface area contributed by atoms with Crippen LogP contribution < -0.4 is 16.0 Å². The Morgan fingerprint density at radius 1 is 1.13 bits per heavy atom. The standard InChI is InChI=1S/C16H22N4O.2ClH/c17-11-7-13-4-5-14(8-11)20(13)15-6-1-10(9-18-15)16(21)19-12-2-3-12;;/h1,6,9,11-14H,2-5,7-8,17H2,(H,19,21);2*1H. The van der Waals surface area contributed by atoms with Gasteiger partial charge in [-0.05, 0) is 50.7 Å². The van der Waals surface area contributed by atoms with Crippen LogP contribution in [-0.2, 0) is 0 Å². The van der Waals surface area contributed by atoms with Gasteiger partial charge in [0.2, 0.25) is 0 Å². The maximum atomic E-state index is 12.0. The topological polar surface area (TPSA) is 71.2 Å². The van der Waals surface area contributed by atoms with E-state index in [1.54, 1.807) is 6.20 Å². The quantitative estimate of drug-likeness (QED) is 0.869. The van der Waals surface area contributed by atoms with Gasteiger partial charge in [-0.1, -0.05) is 0 Å². The van der Waals surface area contributed by atoms with Crippen LogP contribution >= 0.6 is 24.8 Å². The monoisotopic (exact) mass is 358 g/mol. The first kappa shape index (κ1) is 18.3. The van der Waals surface area contributed by atoms with Crippen LogP contribution in [-0.4, -0.2) is 35.1 Å². The number of nitrogens with zero attached hydrogens (tertiary/aromatic N) is 2. The number of pyridine rings is 1. The molecule has 7 heteroatoms. The molecule has 2 aliphatic heterocycles. The van der Waals surface area contributed by atoms with E-state index in [2.05, 4.69) is 15.2 Å². The average Bonchev–Trinajstić information content (AvgIpc) is 3.24. The highest BCUT2D eigenvalue weighted by Crippen LogP contribution is 2.37. The van der Waals surface area contributed by atoms with E-state index >= 15 is 0 Å². The van der Waals surface area contributed by atoms with Crippen LogP contribution in [0.3, 0.4) is 0 Å². The molecule has 1 aromatic rings. The molecule has 0 spiro atoms. The molecule has 3 aliphatic rings. The molecule has 2 saturated heterocycles. The Morgan fingerprint density at radius 2 is 1.78 bits per heavy atom. The Bertz CT molecular complexity index is 536. The largest absolute Gasteiger partial charge is 0.351 e. The second kappa shape index (κ2) is 7.24. The first-order valence-corrected chi connectivity index (χ1v) is 8.01. The van der Waals surface area contributed by atoms with Gasteiger partial charge in [-0.25, -0.2) is 4.98 Å². The Kier molecular flexibility index (Phi) is 5.76. The molecule has 1 aromatic heterocycles. The Labute approximate surface area is 149 Å². The zero-order chi connectivity index (χ0) is 14.4. The SMILES string of the molecule is Cl.Cl.NC1CC2CCC(C1)N2c1ccc(C(=O)NC2CC2)cn1. The summed E-state index contributed by atoms with van der Waals surface area (Å²) in [6, 6.07) is 5.66. The summed E-state index contributed by atoms with van der Waals surface area (Å²) in [5, 5.41) is 3.00. The molecule has 3 heterocycles. The molecule has 4 rings (SSSR count). The molecule has 1 amide bonds. The minimum Gasteiger partial charge on any atom is -0.351 e. The highest BCUT2D eigenvalue weighted by molar-refractivity contribution is 5.94. The molecule has 0 aromatic carbocycles. The fourth-order valence-corrected chi connectivity index (χ4v) is 3.76. The molecule has 1 saturated carbocycles. The first-order chi connectivity index (χ1) is 10.2. The maximum Gasteiger partial charge on any atom is 0.253 e. The van der Waals surface area contributed by atoms with Gasteiger partial charge in [-0.15, -0.1) is 24.8 Å². The van der Waals surface area contributed by atoms with E-state index in [0.717, 1.165) is 31.5 Å². The lowest BCUT2D eigenvalue weighted by atomic mass is 9.98. The highest BCUT2D eigenvalue weighted by atomic mass is 35.5. The molecule has 1 aliphatic carbocycles. The first-order valence-electron chi connectivity index (χ1n) is 8.01. The minimum atomic E-state index is 0. The van der Waals surface area contributed by atoms with Crippen LogP contribution in [0.4, 0.5) is 5.82 Å². The third-order valence-corrected chi connectivity index (χ3v) is 4.96. The molecule has 2 atom stereocenters. The number of hydrogen-bond donors (Lipinski definition) is 2. The number of amides is 1. The number of rotatable bonds is 3. The lowest BCUT2D eigenvalue weighted by molar-refractivity contribution is 0.0950. The van der Waals surface area contributed by atoms with Gasteiger partial charge in [0, 0.05) is 30.4 Å². The van der Waals surface area contributed by atoms with Crippen molar-refractivity contribution in [3.05, 3.63) is 23.9 Å². The Hall–Kier alpha value is -1.04. The summed E-state index contributed by atoms with van der Waals surface area (Å²) in [4.78, 5) is 18.9. The van der Waals surface area contributed by atoms with Gasteiger partial charge in [0.1, 0.15) is 5.82 Å². The van der Waals surface area contributed by atoms with Gasteiger partial charge >= 0.3 is 0 Å². The second-order valence-corrected chi connectivity index (χ2v) is 6.68. The number of nitrogens with one attached hydrogen (secondary N) is 1. The van der Waals surface area contributed by atoms with Crippen LogP contribution in [0, 0.1) is 0 Å². The van der Waals surface area contributed by atoms with Crippen molar-refractivity contribution in [1.82, 2.24) is 10.3 Å². The lowest BCUT2D eigenvalue weighted by Gasteiger charge is -2.38. The normalized spacial score (nSPS) is 28.6. The number of aromatic nitrogens is 1. The fraction of sp³-hybridized carbons (Fsp3) is 0.625. The van der Waals surface area contributed by atoms with Crippen molar-refractivity contribution >= 4 is 36.5 Å². The van der Waals surface area contributed by atoms with Crippen LogP contribution in [0.25, 0.3) is 0 Å². The van der Waals surface area contributed by atoms with Crippen LogP contribution in [0.5, 0.6) is 0 Å². The average molecular weight is 359 g/mol. The van der Waals surface area contributed by atoms with E-state index in [0.29, 0.717) is 29.7 Å². The summed E-state index contributed by atoms with van der Waals surface area (Å²) >= 11 is 0. The van der Waals surface area contributed by atoms with E-state index < -0.39 is 0 Å². The minimum absolute atomic E-state index is 0. The summed E-state index contributed by atoms with van der Waals surface area (Å²) in [7, 11) is 0. The molecule has 3 fully saturated rings. The molecular formula is C16H24Cl2N4O. The zero-order valence-electron chi connectivity index (χ0n) is 13.0. The van der Waals surface area contributed by atoms with E-state index in [1.165, 1.54) is 12.8 Å². The molecule has 2 bridgehead atoms. The molecule has 0 radical (unpaired) electrons. The molecule has 128 valence electrons.